The second-order valence-electron chi connectivity index (χ2n) is 4.75. The first-order chi connectivity index (χ1) is 9.72. The van der Waals surface area contributed by atoms with Crippen LogP contribution < -0.4 is 4.90 Å². The minimum Gasteiger partial charge on any atom is -0.512 e. The molecular formula is C14H14N4O2. The fourth-order valence-corrected chi connectivity index (χ4v) is 2.51. The van der Waals surface area contributed by atoms with E-state index < -0.39 is 0 Å². The molecule has 1 saturated heterocycles. The largest absolute Gasteiger partial charge is 0.512 e. The Balaban J connectivity index is 2.06. The first-order valence-corrected chi connectivity index (χ1v) is 6.34. The zero-order chi connectivity index (χ0) is 14.1. The van der Waals surface area contributed by atoms with Gasteiger partial charge in [-0.1, -0.05) is 0 Å². The van der Waals surface area contributed by atoms with E-state index in [-0.39, 0.29) is 6.10 Å². The maximum absolute atomic E-state index is 9.15. The van der Waals surface area contributed by atoms with Crippen LogP contribution >= 0.6 is 0 Å². The Morgan fingerprint density at radius 1 is 1.50 bits per heavy atom. The van der Waals surface area contributed by atoms with Crippen LogP contribution in [0.2, 0.25) is 0 Å². The maximum Gasteiger partial charge on any atom is 0.150 e. The molecular weight excluding hydrogens is 256 g/mol. The summed E-state index contributed by atoms with van der Waals surface area (Å²) in [6.07, 6.45) is 2.66. The van der Waals surface area contributed by atoms with E-state index in [0.29, 0.717) is 24.5 Å². The van der Waals surface area contributed by atoms with Crippen molar-refractivity contribution in [2.24, 2.45) is 0 Å². The number of rotatable bonds is 1. The molecule has 20 heavy (non-hydrogen) atoms. The normalized spacial score (nSPS) is 20.9. The van der Waals surface area contributed by atoms with Crippen LogP contribution in [0, 0.1) is 11.3 Å². The molecule has 1 unspecified atom stereocenters. The third kappa shape index (κ3) is 1.93. The molecule has 3 rings (SSSR count). The summed E-state index contributed by atoms with van der Waals surface area (Å²) in [5.74, 6) is 0.533. The molecule has 2 aromatic rings. The van der Waals surface area contributed by atoms with E-state index in [4.69, 9.17) is 15.1 Å². The average molecular weight is 270 g/mol. The molecule has 1 aliphatic rings. The van der Waals surface area contributed by atoms with E-state index >= 15 is 0 Å². The fourth-order valence-electron chi connectivity index (χ4n) is 2.51. The number of nitrogens with zero attached hydrogens (tertiary/aromatic N) is 4. The second-order valence-corrected chi connectivity index (χ2v) is 4.75. The van der Waals surface area contributed by atoms with Gasteiger partial charge in [-0.05, 0) is 25.1 Å². The molecule has 0 saturated carbocycles. The van der Waals surface area contributed by atoms with E-state index in [1.807, 2.05) is 19.1 Å². The molecule has 6 heteroatoms. The molecule has 1 N–H and O–H groups in total. The van der Waals surface area contributed by atoms with Crippen molar-refractivity contribution in [1.82, 2.24) is 9.61 Å². The number of anilines is 1. The SMILES string of the molecule is CC1CN(c2ccc(C#N)n3nccc23)C/C(=C\O)O1. The second kappa shape index (κ2) is 4.78. The number of ether oxygens (including phenoxy) is 1. The van der Waals surface area contributed by atoms with Crippen LogP contribution in [0.3, 0.4) is 0 Å². The van der Waals surface area contributed by atoms with Gasteiger partial charge < -0.3 is 14.7 Å². The van der Waals surface area contributed by atoms with E-state index in [2.05, 4.69) is 16.1 Å². The molecule has 0 aromatic carbocycles. The monoisotopic (exact) mass is 270 g/mol. The highest BCUT2D eigenvalue weighted by atomic mass is 16.5. The van der Waals surface area contributed by atoms with Crippen molar-refractivity contribution in [3.63, 3.8) is 0 Å². The Morgan fingerprint density at radius 3 is 3.10 bits per heavy atom. The van der Waals surface area contributed by atoms with E-state index in [1.165, 1.54) is 0 Å². The number of aliphatic hydroxyl groups excluding tert-OH is 1. The summed E-state index contributed by atoms with van der Waals surface area (Å²) in [6.45, 7) is 3.16. The summed E-state index contributed by atoms with van der Waals surface area (Å²) in [4.78, 5) is 2.11. The van der Waals surface area contributed by atoms with Gasteiger partial charge in [0, 0.05) is 0 Å². The number of nitriles is 1. The Hall–Kier alpha value is -2.68. The summed E-state index contributed by atoms with van der Waals surface area (Å²) >= 11 is 0. The summed E-state index contributed by atoms with van der Waals surface area (Å²) in [5.41, 5.74) is 2.33. The number of morpholine rings is 1. The van der Waals surface area contributed by atoms with Crippen molar-refractivity contribution in [2.75, 3.05) is 18.0 Å². The first-order valence-electron chi connectivity index (χ1n) is 6.34. The molecule has 0 radical (unpaired) electrons. The van der Waals surface area contributed by atoms with Gasteiger partial charge in [0.1, 0.15) is 29.9 Å². The van der Waals surface area contributed by atoms with Crippen LogP contribution in [0.15, 0.2) is 36.4 Å². The van der Waals surface area contributed by atoms with Crippen LogP contribution in [-0.2, 0) is 4.74 Å². The highest BCUT2D eigenvalue weighted by molar-refractivity contribution is 5.74. The molecule has 1 fully saturated rings. The number of aromatic nitrogens is 2. The van der Waals surface area contributed by atoms with Gasteiger partial charge in [-0.3, -0.25) is 0 Å². The van der Waals surface area contributed by atoms with Crippen molar-refractivity contribution >= 4 is 11.2 Å². The summed E-state index contributed by atoms with van der Waals surface area (Å²) < 4.78 is 7.14. The van der Waals surface area contributed by atoms with Gasteiger partial charge in [0.25, 0.3) is 0 Å². The quantitative estimate of drug-likeness (QED) is 0.800. The molecule has 0 bridgehead atoms. The zero-order valence-electron chi connectivity index (χ0n) is 11.0. The molecule has 2 aromatic heterocycles. The predicted molar refractivity (Wildman–Crippen MR) is 73.4 cm³/mol. The van der Waals surface area contributed by atoms with Gasteiger partial charge in [-0.2, -0.15) is 10.4 Å². The summed E-state index contributed by atoms with van der Waals surface area (Å²) in [5, 5.41) is 22.4. The molecule has 0 amide bonds. The Bertz CT molecular complexity index is 714. The highest BCUT2D eigenvalue weighted by Crippen LogP contribution is 2.27. The Labute approximate surface area is 116 Å². The van der Waals surface area contributed by atoms with Gasteiger partial charge in [0.05, 0.1) is 30.5 Å². The standard InChI is InChI=1S/C14H14N4O2/c1-10-7-17(8-12(9-19)20-10)13-3-2-11(6-15)18-14(13)4-5-16-18/h2-5,9-10,19H,7-8H2,1H3/b12-9+. The molecule has 0 aliphatic carbocycles. The third-order valence-corrected chi connectivity index (χ3v) is 3.31. The lowest BCUT2D eigenvalue weighted by Crippen LogP contribution is -2.40. The van der Waals surface area contributed by atoms with Gasteiger partial charge in [-0.15, -0.1) is 0 Å². The Morgan fingerprint density at radius 2 is 2.35 bits per heavy atom. The van der Waals surface area contributed by atoms with Crippen LogP contribution in [0.5, 0.6) is 0 Å². The molecule has 3 heterocycles. The van der Waals surface area contributed by atoms with Gasteiger partial charge >= 0.3 is 0 Å². The smallest absolute Gasteiger partial charge is 0.150 e. The summed E-state index contributed by atoms with van der Waals surface area (Å²) in [7, 11) is 0. The third-order valence-electron chi connectivity index (χ3n) is 3.31. The fraction of sp³-hybridized carbons (Fsp3) is 0.286. The molecule has 1 aliphatic heterocycles. The molecule has 1 atom stereocenters. The summed E-state index contributed by atoms with van der Waals surface area (Å²) in [6, 6.07) is 7.65. The van der Waals surface area contributed by atoms with Crippen molar-refractivity contribution in [2.45, 2.75) is 13.0 Å². The maximum atomic E-state index is 9.15. The minimum absolute atomic E-state index is 0.0132. The zero-order valence-corrected chi connectivity index (χ0v) is 11.0. The molecule has 0 spiro atoms. The number of fused-ring (bicyclic) bond motifs is 1. The molecule has 6 nitrogen and oxygen atoms in total. The lowest BCUT2D eigenvalue weighted by Gasteiger charge is -2.34. The van der Waals surface area contributed by atoms with E-state index in [9.17, 15) is 0 Å². The van der Waals surface area contributed by atoms with Crippen LogP contribution in [0.25, 0.3) is 5.52 Å². The van der Waals surface area contributed by atoms with Crippen molar-refractivity contribution in [3.8, 4) is 6.07 Å². The van der Waals surface area contributed by atoms with Crippen LogP contribution in [0.4, 0.5) is 5.69 Å². The minimum atomic E-state index is -0.0132. The van der Waals surface area contributed by atoms with Crippen molar-refractivity contribution in [1.29, 1.82) is 5.26 Å². The van der Waals surface area contributed by atoms with Crippen LogP contribution in [-0.4, -0.2) is 33.9 Å². The average Bonchev–Trinajstić information content (AvgIpc) is 2.94. The number of aliphatic hydroxyl groups is 1. The predicted octanol–water partition coefficient (Wildman–Crippen LogP) is 1.83. The first kappa shape index (κ1) is 12.4. The molecule has 102 valence electrons. The topological polar surface area (TPSA) is 73.8 Å². The number of hydrogen-bond donors (Lipinski definition) is 1. The van der Waals surface area contributed by atoms with E-state index in [0.717, 1.165) is 17.5 Å². The van der Waals surface area contributed by atoms with Crippen molar-refractivity contribution in [3.05, 3.63) is 42.1 Å². The van der Waals surface area contributed by atoms with Gasteiger partial charge in [-0.25, -0.2) is 4.52 Å². The lowest BCUT2D eigenvalue weighted by molar-refractivity contribution is 0.105. The Kier molecular flexibility index (Phi) is 2.95. The number of hydrogen-bond acceptors (Lipinski definition) is 5. The van der Waals surface area contributed by atoms with E-state index in [1.54, 1.807) is 16.8 Å². The van der Waals surface area contributed by atoms with Gasteiger partial charge in [0.15, 0.2) is 0 Å². The van der Waals surface area contributed by atoms with Crippen LogP contribution in [0.1, 0.15) is 12.6 Å². The lowest BCUT2D eigenvalue weighted by atomic mass is 10.2. The van der Waals surface area contributed by atoms with Gasteiger partial charge in [0.2, 0.25) is 0 Å². The highest BCUT2D eigenvalue weighted by Gasteiger charge is 2.23. The number of pyridine rings is 1. The van der Waals surface area contributed by atoms with Crippen molar-refractivity contribution < 1.29 is 9.84 Å².